The van der Waals surface area contributed by atoms with Crippen LogP contribution in [0.15, 0.2) is 202 Å². The smallest absolute Gasteiger partial charge is 0.229 e. The van der Waals surface area contributed by atoms with Gasteiger partial charge in [-0.25, -0.2) is 42.3 Å². The number of likely N-dealkylation sites (N-methyl/N-ethyl adjacent to an activating group) is 2. The molecule has 0 unspecified atom stereocenters. The van der Waals surface area contributed by atoms with Crippen LogP contribution in [0.3, 0.4) is 0 Å². The van der Waals surface area contributed by atoms with E-state index in [0.29, 0.717) is 69.5 Å². The molecule has 0 N–H and O–H groups in total. The summed E-state index contributed by atoms with van der Waals surface area (Å²) in [5.74, 6) is 2.44. The van der Waals surface area contributed by atoms with Crippen LogP contribution in [-0.4, -0.2) is 218 Å². The largest absolute Gasteiger partial charge is 0.481 e. The highest BCUT2D eigenvalue weighted by Gasteiger charge is 2.29. The maximum Gasteiger partial charge on any atom is 0.229 e. The van der Waals surface area contributed by atoms with Crippen molar-refractivity contribution in [1.29, 1.82) is 10.5 Å². The van der Waals surface area contributed by atoms with Crippen LogP contribution in [-0.2, 0) is 22.6 Å². The molecule has 3 fully saturated rings. The summed E-state index contributed by atoms with van der Waals surface area (Å²) < 4.78 is 44.4. The van der Waals surface area contributed by atoms with E-state index in [4.69, 9.17) is 24.4 Å². The fourth-order valence-electron chi connectivity index (χ4n) is 15.9. The van der Waals surface area contributed by atoms with Crippen LogP contribution in [0.4, 0.5) is 26.2 Å². The minimum Gasteiger partial charge on any atom is -0.481 e. The summed E-state index contributed by atoms with van der Waals surface area (Å²) in [6.07, 6.45) is 27.5. The number of rotatable bonds is 16. The quantitative estimate of drug-likeness (QED) is 0.0879. The molecule has 16 heterocycles. The molecule has 0 radical (unpaired) electrons. The van der Waals surface area contributed by atoms with Gasteiger partial charge in [0.2, 0.25) is 11.8 Å². The molecule has 12 aromatic rings. The lowest BCUT2D eigenvalue weighted by Gasteiger charge is -2.36. The number of nitrogens with zero attached hydrogens (tertiary/aromatic N) is 20. The van der Waals surface area contributed by atoms with Gasteiger partial charge >= 0.3 is 0 Å². The van der Waals surface area contributed by atoms with Gasteiger partial charge in [0.1, 0.15) is 41.2 Å². The molecule has 2 aromatic carbocycles. The number of anilines is 3. The van der Waals surface area contributed by atoms with Crippen molar-refractivity contribution in [2.24, 2.45) is 0 Å². The van der Waals surface area contributed by atoms with E-state index in [1.54, 1.807) is 28.5 Å². The number of carbonyl (C=O) groups is 1. The Morgan fingerprint density at radius 3 is 1.49 bits per heavy atom. The van der Waals surface area contributed by atoms with Gasteiger partial charge in [0.05, 0.1) is 66.3 Å². The molecular weight excluding hydrogens is 1440 g/mol. The Balaban J connectivity index is 0.000000129. The molecule has 0 aliphatic carbocycles. The van der Waals surface area contributed by atoms with Crippen molar-refractivity contribution in [2.45, 2.75) is 38.8 Å². The molecule has 3 saturated heterocycles. The van der Waals surface area contributed by atoms with Crippen LogP contribution < -0.4 is 19.4 Å². The maximum atomic E-state index is 14.1. The number of nitriles is 2. The third-order valence-corrected chi connectivity index (χ3v) is 22.6. The number of fused-ring (bicyclic) bond motifs is 3. The molecule has 6 aliphatic rings. The predicted molar refractivity (Wildman–Crippen MR) is 439 cm³/mol. The minimum absolute atomic E-state index is 0.120. The predicted octanol–water partition coefficient (Wildman–Crippen LogP) is 12.6. The van der Waals surface area contributed by atoms with Crippen molar-refractivity contribution in [3.05, 3.63) is 258 Å². The molecule has 0 saturated carbocycles. The lowest BCUT2D eigenvalue weighted by molar-refractivity contribution is -0.132. The molecule has 18 rings (SSSR count). The van der Waals surface area contributed by atoms with Crippen molar-refractivity contribution in [3.8, 4) is 51.4 Å². The number of hydrogen-bond acceptors (Lipinski definition) is 19. The van der Waals surface area contributed by atoms with Crippen LogP contribution in [0.5, 0.6) is 5.88 Å². The lowest BCUT2D eigenvalue weighted by Crippen LogP contribution is -2.50. The highest BCUT2D eigenvalue weighted by molar-refractivity contribution is 5.90. The first-order valence-electron chi connectivity index (χ1n) is 39.0. The Morgan fingerprint density at radius 2 is 1.02 bits per heavy atom. The van der Waals surface area contributed by atoms with Crippen molar-refractivity contribution in [3.63, 3.8) is 0 Å². The van der Waals surface area contributed by atoms with Gasteiger partial charge in [-0.3, -0.25) is 14.6 Å². The zero-order valence-electron chi connectivity index (χ0n) is 64.6. The number of pyridine rings is 7. The zero-order valence-corrected chi connectivity index (χ0v) is 64.6. The number of hydrogen-bond donors (Lipinski definition) is 0. The third-order valence-electron chi connectivity index (χ3n) is 22.6. The van der Waals surface area contributed by atoms with E-state index in [1.165, 1.54) is 46.0 Å². The summed E-state index contributed by atoms with van der Waals surface area (Å²) in [6, 6.07) is 43.6. The Labute approximate surface area is 661 Å². The molecule has 578 valence electrons. The highest BCUT2D eigenvalue weighted by atomic mass is 19.1. The molecule has 0 bridgehead atoms. The van der Waals surface area contributed by atoms with Crippen molar-refractivity contribution < 1.29 is 23.0 Å². The van der Waals surface area contributed by atoms with Gasteiger partial charge in [0, 0.05) is 212 Å². The van der Waals surface area contributed by atoms with Gasteiger partial charge in [-0.05, 0) is 151 Å². The normalized spacial score (nSPS) is 16.8. The molecule has 0 spiro atoms. The first-order chi connectivity index (χ1) is 55.8. The van der Waals surface area contributed by atoms with Gasteiger partial charge in [-0.15, -0.1) is 0 Å². The standard InChI is InChI=1S/C30H29F2N7.C30H28N6O2.C29H33N7O/c1-36-9-7-21(8-10-36)23-15-25(30-24(16-33)18-35-39(30)19-23)22-5-6-29(34-17-22)38-13-11-37(12-14-38)20-26-27(31)3-2-4-28(26)32;1-21(22-5-3-2-4-6-22)30(37)35-12-10-34(11-13-35)28-8-7-23(17-32-28)27-15-25(24-9-14-38-20-24)19-36-29(27)26(16-31)18-33-36;1-33-11-8-23(9-12-33)25-17-26(27-7-10-32-36(27)21-25)24-4-5-28(30-19-24)35-15-13-34(14-16-35)20-22-3-6-29(37-2)31-18-22/h2-7,15,17-19H,8-14,20H2,1H3;2-9,15,17-19,21H,10-14,20H2,1H3;3-8,10,17-19,21H,9,11-16,20H2,1-2H3/t;21-;/m.1./s1. The Morgan fingerprint density at radius 1 is 0.509 bits per heavy atom. The molecule has 114 heavy (non-hydrogen) atoms. The summed E-state index contributed by atoms with van der Waals surface area (Å²) in [5.41, 5.74) is 19.2. The number of carbonyl (C=O) groups excluding carboxylic acids is 1. The number of piperazine rings is 3. The highest BCUT2D eigenvalue weighted by Crippen LogP contribution is 2.37. The summed E-state index contributed by atoms with van der Waals surface area (Å²) in [5, 5.41) is 32.8. The minimum atomic E-state index is -0.502. The van der Waals surface area contributed by atoms with Gasteiger partial charge in [-0.2, -0.15) is 25.8 Å². The van der Waals surface area contributed by atoms with E-state index in [1.807, 2.05) is 120 Å². The van der Waals surface area contributed by atoms with E-state index < -0.39 is 11.6 Å². The van der Waals surface area contributed by atoms with Crippen LogP contribution in [0, 0.1) is 34.3 Å². The molecule has 6 aliphatic heterocycles. The molecular formula is C89H90F2N20O3. The maximum absolute atomic E-state index is 14.1. The Kier molecular flexibility index (Phi) is 22.8. The Bertz CT molecular complexity index is 5590. The van der Waals surface area contributed by atoms with Gasteiger partial charge in [-0.1, -0.05) is 60.7 Å². The topological polar surface area (TPSA) is 212 Å². The van der Waals surface area contributed by atoms with Gasteiger partial charge in [0.15, 0.2) is 0 Å². The van der Waals surface area contributed by atoms with Crippen molar-refractivity contribution in [1.82, 2.24) is 73.3 Å². The van der Waals surface area contributed by atoms with E-state index in [2.05, 4.69) is 148 Å². The second-order valence-electron chi connectivity index (χ2n) is 29.8. The lowest BCUT2D eigenvalue weighted by atomic mass is 9.96. The second kappa shape index (κ2) is 34.3. The monoisotopic (exact) mass is 1520 g/mol. The fraction of sp³-hybridized carbons (Fsp3) is 0.303. The van der Waals surface area contributed by atoms with Crippen molar-refractivity contribution >= 4 is 56.6 Å². The molecule has 10 aromatic heterocycles. The van der Waals surface area contributed by atoms with Gasteiger partial charge in [0.25, 0.3) is 0 Å². The van der Waals surface area contributed by atoms with Crippen LogP contribution in [0.25, 0.3) is 66.7 Å². The molecule has 1 amide bonds. The molecule has 1 atom stereocenters. The average molecular weight is 1530 g/mol. The van der Waals surface area contributed by atoms with Crippen LogP contribution in [0.2, 0.25) is 0 Å². The van der Waals surface area contributed by atoms with Crippen LogP contribution in [0.1, 0.15) is 70.2 Å². The number of amides is 1. The van der Waals surface area contributed by atoms with Crippen molar-refractivity contribution in [2.75, 3.05) is 154 Å². The van der Waals surface area contributed by atoms with Gasteiger partial charge < -0.3 is 38.9 Å². The number of halogens is 2. The summed E-state index contributed by atoms with van der Waals surface area (Å²) in [6.45, 7) is 17.8. The Hall–Kier alpha value is -12.4. The average Bonchev–Trinajstić information content (AvgIpc) is 1.56. The van der Waals surface area contributed by atoms with E-state index in [0.717, 1.165) is 169 Å². The van der Waals surface area contributed by atoms with E-state index >= 15 is 0 Å². The summed E-state index contributed by atoms with van der Waals surface area (Å²) in [4.78, 5) is 49.7. The first-order valence-corrected chi connectivity index (χ1v) is 39.0. The fourth-order valence-corrected chi connectivity index (χ4v) is 15.9. The van der Waals surface area contributed by atoms with E-state index in [-0.39, 0.29) is 23.9 Å². The number of ether oxygens (including phenoxy) is 2. The first kappa shape index (κ1) is 75.7. The number of benzene rings is 2. The number of aromatic nitrogens is 10. The second-order valence-corrected chi connectivity index (χ2v) is 29.8. The molecule has 23 nitrogen and oxygen atoms in total. The number of methoxy groups -OCH3 is 1. The van der Waals surface area contributed by atoms with Crippen LogP contribution >= 0.6 is 0 Å². The van der Waals surface area contributed by atoms with E-state index in [9.17, 15) is 24.1 Å². The summed E-state index contributed by atoms with van der Waals surface area (Å²) in [7, 11) is 5.93. The zero-order chi connectivity index (χ0) is 78.2. The molecule has 25 heteroatoms. The third kappa shape index (κ3) is 16.7. The SMILES string of the molecule is CN1CC=C(c2cc(-c3ccc(N4CCN(Cc5c(F)cccc5F)CC4)nc3)c3c(C#N)cnn3c2)CC1.COc1ccc(CN2CCN(c3ccc(-c4cc(C5=CCN(C)CC5)cn5nccc45)cn3)CC2)cn1.C[C@@H](C(=O)N1CCN(c2ccc(-c3cc(C4=CCOC4)cn4ncc(C#N)c34)cn2)CC1)c1ccccc1. The summed E-state index contributed by atoms with van der Waals surface area (Å²) >= 11 is 0.